The highest BCUT2D eigenvalue weighted by atomic mass is 79.9. The summed E-state index contributed by atoms with van der Waals surface area (Å²) in [7, 11) is 0. The molecule has 0 unspecified atom stereocenters. The van der Waals surface area contributed by atoms with Gasteiger partial charge in [-0.2, -0.15) is 5.10 Å². The van der Waals surface area contributed by atoms with Crippen LogP contribution in [-0.2, 0) is 0 Å². The van der Waals surface area contributed by atoms with Crippen LogP contribution in [0.5, 0.6) is 0 Å². The molecule has 0 aromatic heterocycles. The first-order valence-electron chi connectivity index (χ1n) is 5.79. The summed E-state index contributed by atoms with van der Waals surface area (Å²) < 4.78 is 1.66. The number of aliphatic hydroxyl groups excluding tert-OH is 4. The average Bonchev–Trinajstić information content (AvgIpc) is 2.39. The van der Waals surface area contributed by atoms with E-state index < -0.39 is 24.4 Å². The monoisotopic (exact) mass is 410 g/mol. The van der Waals surface area contributed by atoms with Gasteiger partial charge in [0.2, 0.25) is 0 Å². The zero-order valence-corrected chi connectivity index (χ0v) is 13.8. The van der Waals surface area contributed by atoms with E-state index in [9.17, 15) is 15.3 Å². The predicted octanol–water partition coefficient (Wildman–Crippen LogP) is 1.07. The van der Waals surface area contributed by atoms with Gasteiger partial charge in [0.25, 0.3) is 0 Å². The Morgan fingerprint density at radius 3 is 2.35 bits per heavy atom. The number of rotatable bonds is 6. The third kappa shape index (κ3) is 5.12. The van der Waals surface area contributed by atoms with Crippen LogP contribution in [0, 0.1) is 0 Å². The molecule has 0 aliphatic carbocycles. The number of hydrazone groups is 1. The van der Waals surface area contributed by atoms with Crippen LogP contribution in [-0.4, -0.2) is 51.1 Å². The Labute approximate surface area is 133 Å². The highest BCUT2D eigenvalue weighted by Crippen LogP contribution is 2.25. The fourth-order valence-electron chi connectivity index (χ4n) is 1.34. The summed E-state index contributed by atoms with van der Waals surface area (Å²) in [6.07, 6.45) is -4.47. The third-order valence-corrected chi connectivity index (χ3v) is 3.69. The van der Waals surface area contributed by atoms with Gasteiger partial charge in [-0.05, 0) is 41.1 Å². The largest absolute Gasteiger partial charge is 0.391 e. The molecule has 0 bridgehead atoms. The number of nitrogens with one attached hydrogen (secondary N) is 1. The molecule has 0 saturated heterocycles. The number of anilines is 1. The summed E-state index contributed by atoms with van der Waals surface area (Å²) in [6, 6.07) is 5.39. The second-order valence-corrected chi connectivity index (χ2v) is 6.00. The summed E-state index contributed by atoms with van der Waals surface area (Å²) >= 11 is 6.65. The van der Waals surface area contributed by atoms with Crippen molar-refractivity contribution < 1.29 is 20.4 Å². The predicted molar refractivity (Wildman–Crippen MR) is 83.7 cm³/mol. The van der Waals surface area contributed by atoms with Gasteiger partial charge in [0.05, 0.1) is 18.0 Å². The summed E-state index contributed by atoms with van der Waals surface area (Å²) in [6.45, 7) is 1.31. The first-order chi connectivity index (χ1) is 9.32. The lowest BCUT2D eigenvalue weighted by Crippen LogP contribution is -2.44. The topological polar surface area (TPSA) is 105 Å². The highest BCUT2D eigenvalue weighted by Gasteiger charge is 2.26. The maximum Gasteiger partial charge on any atom is 0.119 e. The number of aliphatic hydroxyl groups is 4. The van der Waals surface area contributed by atoms with Gasteiger partial charge >= 0.3 is 0 Å². The van der Waals surface area contributed by atoms with Gasteiger partial charge in [-0.1, -0.05) is 15.9 Å². The molecule has 0 aliphatic heterocycles. The Morgan fingerprint density at radius 1 is 1.15 bits per heavy atom. The van der Waals surface area contributed by atoms with Crippen molar-refractivity contribution in [2.24, 2.45) is 5.10 Å². The minimum atomic E-state index is -1.52. The van der Waals surface area contributed by atoms with E-state index in [-0.39, 0.29) is 0 Å². The number of hydrogen-bond donors (Lipinski definition) is 5. The van der Waals surface area contributed by atoms with Gasteiger partial charge in [-0.3, -0.25) is 5.43 Å². The minimum Gasteiger partial charge on any atom is -0.391 e. The molecule has 6 nitrogen and oxygen atoms in total. The fourth-order valence-corrected chi connectivity index (χ4v) is 2.47. The van der Waals surface area contributed by atoms with Gasteiger partial charge in [0.15, 0.2) is 0 Å². The lowest BCUT2D eigenvalue weighted by Gasteiger charge is -2.22. The van der Waals surface area contributed by atoms with Crippen LogP contribution in [0.15, 0.2) is 32.2 Å². The van der Waals surface area contributed by atoms with Crippen LogP contribution in [0.25, 0.3) is 0 Å². The highest BCUT2D eigenvalue weighted by molar-refractivity contribution is 9.11. The quantitative estimate of drug-likeness (QED) is 0.355. The van der Waals surface area contributed by atoms with Crippen LogP contribution in [0.2, 0.25) is 0 Å². The molecule has 0 fully saturated rings. The normalized spacial score (nSPS) is 17.8. The molecule has 1 aromatic carbocycles. The lowest BCUT2D eigenvalue weighted by molar-refractivity contribution is -0.0820. The van der Waals surface area contributed by atoms with E-state index in [1.165, 1.54) is 6.92 Å². The Bertz CT molecular complexity index is 471. The Kier molecular flexibility index (Phi) is 7.07. The van der Waals surface area contributed by atoms with Crippen molar-refractivity contribution >= 4 is 43.8 Å². The Balaban J connectivity index is 2.60. The van der Waals surface area contributed by atoms with Crippen molar-refractivity contribution in [1.29, 1.82) is 0 Å². The zero-order chi connectivity index (χ0) is 15.3. The summed E-state index contributed by atoms with van der Waals surface area (Å²) in [5.41, 5.74) is 3.35. The molecule has 1 aromatic rings. The first-order valence-corrected chi connectivity index (χ1v) is 7.38. The van der Waals surface area contributed by atoms with Crippen molar-refractivity contribution in [2.45, 2.75) is 31.3 Å². The van der Waals surface area contributed by atoms with Crippen LogP contribution in [0.3, 0.4) is 0 Å². The van der Waals surface area contributed by atoms with E-state index in [0.717, 1.165) is 15.2 Å². The summed E-state index contributed by atoms with van der Waals surface area (Å²) in [5, 5.41) is 41.4. The number of nitrogens with zero attached hydrogens (tertiary/aromatic N) is 1. The summed E-state index contributed by atoms with van der Waals surface area (Å²) in [4.78, 5) is 0. The van der Waals surface area contributed by atoms with Crippen molar-refractivity contribution in [3.8, 4) is 0 Å². The van der Waals surface area contributed by atoms with E-state index in [0.29, 0.717) is 5.69 Å². The van der Waals surface area contributed by atoms with E-state index in [2.05, 4.69) is 42.4 Å². The van der Waals surface area contributed by atoms with Crippen molar-refractivity contribution in [3.63, 3.8) is 0 Å². The maximum atomic E-state index is 9.60. The molecule has 4 atom stereocenters. The van der Waals surface area contributed by atoms with Crippen LogP contribution < -0.4 is 5.43 Å². The fraction of sp³-hybridized carbons (Fsp3) is 0.417. The van der Waals surface area contributed by atoms with Crippen LogP contribution in [0.1, 0.15) is 6.92 Å². The Hall–Kier alpha value is -0.510. The van der Waals surface area contributed by atoms with E-state index in [4.69, 9.17) is 5.11 Å². The van der Waals surface area contributed by atoms with Gasteiger partial charge in [0, 0.05) is 8.95 Å². The molecule has 112 valence electrons. The minimum absolute atomic E-state index is 0.669. The zero-order valence-electron chi connectivity index (χ0n) is 10.6. The van der Waals surface area contributed by atoms with Gasteiger partial charge < -0.3 is 20.4 Å². The Morgan fingerprint density at radius 2 is 1.80 bits per heavy atom. The van der Waals surface area contributed by atoms with E-state index >= 15 is 0 Å². The first kappa shape index (κ1) is 17.5. The molecule has 0 heterocycles. The molecular formula is C12H16Br2N2O4. The average molecular weight is 412 g/mol. The molecular weight excluding hydrogens is 396 g/mol. The number of benzene rings is 1. The molecule has 0 spiro atoms. The molecule has 0 amide bonds. The molecule has 0 saturated carbocycles. The molecule has 1 rings (SSSR count). The molecule has 8 heteroatoms. The molecule has 20 heavy (non-hydrogen) atoms. The molecule has 5 N–H and O–H groups in total. The smallest absolute Gasteiger partial charge is 0.119 e. The molecule has 0 aliphatic rings. The van der Waals surface area contributed by atoms with Crippen LogP contribution in [0.4, 0.5) is 5.69 Å². The van der Waals surface area contributed by atoms with E-state index in [1.807, 2.05) is 12.1 Å². The van der Waals surface area contributed by atoms with Crippen molar-refractivity contribution in [2.75, 3.05) is 5.43 Å². The summed E-state index contributed by atoms with van der Waals surface area (Å²) in [5.74, 6) is 0. The van der Waals surface area contributed by atoms with Crippen molar-refractivity contribution in [1.82, 2.24) is 0 Å². The third-order valence-electron chi connectivity index (χ3n) is 2.54. The maximum absolute atomic E-state index is 9.60. The number of halogens is 2. The standard InChI is InChI=1S/C12H16Br2N2O4/c1-6(17)11(19)12(20)10(18)5-15-16-9-3-2-7(13)4-8(9)14/h2-6,10-12,16-20H,1H3/b15-5-/t6-,10+,11+,12-/m0/s1. The second-order valence-electron chi connectivity index (χ2n) is 4.23. The van der Waals surface area contributed by atoms with Gasteiger partial charge in [0.1, 0.15) is 18.3 Å². The second kappa shape index (κ2) is 8.06. The SMILES string of the molecule is C[C@H](O)[C@@H](O)[C@@H](O)[C@H](O)/C=N\Nc1ccc(Br)cc1Br. The molecule has 0 radical (unpaired) electrons. The number of hydrogen-bond acceptors (Lipinski definition) is 6. The van der Waals surface area contributed by atoms with Crippen molar-refractivity contribution in [3.05, 3.63) is 27.1 Å². The lowest BCUT2D eigenvalue weighted by atomic mass is 10.1. The van der Waals surface area contributed by atoms with E-state index in [1.54, 1.807) is 6.07 Å². The van der Waals surface area contributed by atoms with Gasteiger partial charge in [-0.25, -0.2) is 0 Å². The van der Waals surface area contributed by atoms with Gasteiger partial charge in [-0.15, -0.1) is 0 Å². The van der Waals surface area contributed by atoms with Crippen LogP contribution >= 0.6 is 31.9 Å².